The molecular formula is C24H26FN5O. The van der Waals surface area contributed by atoms with Crippen molar-refractivity contribution in [3.05, 3.63) is 65.2 Å². The zero-order valence-corrected chi connectivity index (χ0v) is 17.6. The molecule has 1 fully saturated rings. The second-order valence-electron chi connectivity index (χ2n) is 8.05. The van der Waals surface area contributed by atoms with Gasteiger partial charge in [0.1, 0.15) is 5.82 Å². The highest BCUT2D eigenvalue weighted by Gasteiger charge is 2.30. The van der Waals surface area contributed by atoms with E-state index >= 15 is 0 Å². The van der Waals surface area contributed by atoms with Gasteiger partial charge < -0.3 is 15.2 Å². The molecule has 0 bridgehead atoms. The summed E-state index contributed by atoms with van der Waals surface area (Å²) in [5.41, 5.74) is 2.81. The molecule has 2 N–H and O–H groups in total. The first-order valence-corrected chi connectivity index (χ1v) is 10.8. The Kier molecular flexibility index (Phi) is 6.28. The Morgan fingerprint density at radius 3 is 2.97 bits per heavy atom. The van der Waals surface area contributed by atoms with Crippen molar-refractivity contribution >= 4 is 16.9 Å². The molecule has 0 radical (unpaired) electrons. The summed E-state index contributed by atoms with van der Waals surface area (Å²) in [6, 6.07) is 14.3. The van der Waals surface area contributed by atoms with Crippen LogP contribution in [0.2, 0.25) is 0 Å². The molecule has 1 saturated carbocycles. The Hall–Kier alpha value is -3.24. The minimum Gasteiger partial charge on any atom is -0.334 e. The molecule has 31 heavy (non-hydrogen) atoms. The number of aromatic amines is 1. The van der Waals surface area contributed by atoms with Crippen molar-refractivity contribution < 1.29 is 9.18 Å². The van der Waals surface area contributed by atoms with Crippen molar-refractivity contribution in [3.63, 3.8) is 0 Å². The van der Waals surface area contributed by atoms with Crippen molar-refractivity contribution in [2.45, 2.75) is 51.2 Å². The number of carbonyl (C=O) groups is 1. The van der Waals surface area contributed by atoms with E-state index in [-0.39, 0.29) is 23.8 Å². The Morgan fingerprint density at radius 2 is 2.19 bits per heavy atom. The van der Waals surface area contributed by atoms with E-state index in [0.717, 1.165) is 36.8 Å². The lowest BCUT2D eigenvalue weighted by Gasteiger charge is -2.37. The molecule has 1 amide bonds. The number of nitrogens with zero attached hydrogens (tertiary/aromatic N) is 3. The summed E-state index contributed by atoms with van der Waals surface area (Å²) in [4.78, 5) is 22.7. The Bertz CT molecular complexity index is 1120. The van der Waals surface area contributed by atoms with E-state index < -0.39 is 0 Å². The highest BCUT2D eigenvalue weighted by molar-refractivity contribution is 5.94. The molecule has 7 heteroatoms. The molecule has 2 atom stereocenters. The van der Waals surface area contributed by atoms with E-state index in [2.05, 4.69) is 21.4 Å². The van der Waals surface area contributed by atoms with Gasteiger partial charge in [-0.1, -0.05) is 12.1 Å². The number of aromatic nitrogens is 2. The van der Waals surface area contributed by atoms with Crippen molar-refractivity contribution in [2.75, 3.05) is 6.54 Å². The molecule has 6 nitrogen and oxygen atoms in total. The second-order valence-corrected chi connectivity index (χ2v) is 8.05. The predicted octanol–water partition coefficient (Wildman–Crippen LogP) is 4.14. The maximum Gasteiger partial charge on any atom is 0.289 e. The van der Waals surface area contributed by atoms with Gasteiger partial charge in [0.2, 0.25) is 0 Å². The standard InChI is InChI=1S/C24H26FN5O/c1-2-30(24(31)23-28-21-10-9-16(14-26)12-22(21)29-23)20-8-4-7-19(13-20)27-15-17-5-3-6-18(25)11-17/h3,5-6,9-12,19-20,27H,2,4,7-8,13,15H2,1H3,(H,28,29)/t19-,20+/m1/s1. The maximum atomic E-state index is 13.4. The molecule has 1 aliphatic rings. The van der Waals surface area contributed by atoms with E-state index in [1.54, 1.807) is 30.3 Å². The number of imidazole rings is 1. The second kappa shape index (κ2) is 9.27. The fraction of sp³-hybridized carbons (Fsp3) is 0.375. The number of carbonyl (C=O) groups excluding carboxylic acids is 1. The van der Waals surface area contributed by atoms with Crippen molar-refractivity contribution in [3.8, 4) is 6.07 Å². The van der Waals surface area contributed by atoms with Gasteiger partial charge in [-0.3, -0.25) is 4.79 Å². The molecule has 0 saturated heterocycles. The fourth-order valence-electron chi connectivity index (χ4n) is 4.42. The molecule has 1 aliphatic carbocycles. The van der Waals surface area contributed by atoms with Crippen LogP contribution in [-0.4, -0.2) is 39.4 Å². The Labute approximate surface area is 181 Å². The Morgan fingerprint density at radius 1 is 1.32 bits per heavy atom. The average Bonchev–Trinajstić information content (AvgIpc) is 3.22. The normalized spacial score (nSPS) is 18.6. The van der Waals surface area contributed by atoms with Gasteiger partial charge >= 0.3 is 0 Å². The van der Waals surface area contributed by atoms with Gasteiger partial charge in [-0.2, -0.15) is 5.26 Å². The van der Waals surface area contributed by atoms with Crippen LogP contribution >= 0.6 is 0 Å². The van der Waals surface area contributed by atoms with Gasteiger partial charge in [0.15, 0.2) is 5.82 Å². The molecule has 0 spiro atoms. The zero-order valence-electron chi connectivity index (χ0n) is 17.6. The fourth-order valence-corrected chi connectivity index (χ4v) is 4.42. The van der Waals surface area contributed by atoms with Crippen LogP contribution in [0.5, 0.6) is 0 Å². The average molecular weight is 420 g/mol. The smallest absolute Gasteiger partial charge is 0.289 e. The van der Waals surface area contributed by atoms with Crippen LogP contribution in [0.3, 0.4) is 0 Å². The summed E-state index contributed by atoms with van der Waals surface area (Å²) in [5.74, 6) is -0.0360. The molecule has 3 aromatic rings. The maximum absolute atomic E-state index is 13.4. The van der Waals surface area contributed by atoms with Crippen LogP contribution in [0, 0.1) is 17.1 Å². The van der Waals surface area contributed by atoms with E-state index in [0.29, 0.717) is 30.0 Å². The number of amides is 1. The van der Waals surface area contributed by atoms with Crippen LogP contribution in [0.1, 0.15) is 54.4 Å². The lowest BCUT2D eigenvalue weighted by atomic mass is 9.89. The molecule has 1 heterocycles. The summed E-state index contributed by atoms with van der Waals surface area (Å²) in [7, 11) is 0. The van der Waals surface area contributed by atoms with Gasteiger partial charge in [-0.25, -0.2) is 9.37 Å². The number of nitriles is 1. The molecule has 0 unspecified atom stereocenters. The van der Waals surface area contributed by atoms with Crippen molar-refractivity contribution in [2.24, 2.45) is 0 Å². The minimum atomic E-state index is -0.226. The van der Waals surface area contributed by atoms with Crippen molar-refractivity contribution in [1.82, 2.24) is 20.2 Å². The van der Waals surface area contributed by atoms with Crippen molar-refractivity contribution in [1.29, 1.82) is 5.26 Å². The first kappa shape index (κ1) is 21.0. The topological polar surface area (TPSA) is 84.8 Å². The first-order valence-electron chi connectivity index (χ1n) is 10.8. The molecule has 0 aliphatic heterocycles. The van der Waals surface area contributed by atoms with Crippen LogP contribution in [0.15, 0.2) is 42.5 Å². The highest BCUT2D eigenvalue weighted by atomic mass is 19.1. The van der Waals surface area contributed by atoms with Gasteiger partial charge in [0, 0.05) is 25.2 Å². The number of H-pyrrole nitrogens is 1. The van der Waals surface area contributed by atoms with Gasteiger partial charge in [0.05, 0.1) is 22.7 Å². The lowest BCUT2D eigenvalue weighted by molar-refractivity contribution is 0.0617. The quantitative estimate of drug-likeness (QED) is 0.629. The minimum absolute atomic E-state index is 0.118. The summed E-state index contributed by atoms with van der Waals surface area (Å²) in [6.07, 6.45) is 3.88. The molecule has 1 aromatic heterocycles. The zero-order chi connectivity index (χ0) is 21.8. The van der Waals surface area contributed by atoms with Crippen LogP contribution < -0.4 is 5.32 Å². The largest absolute Gasteiger partial charge is 0.334 e. The SMILES string of the molecule is CCN(C(=O)c1nc2cc(C#N)ccc2[nH]1)[C@H]1CCC[C@@H](NCc2cccc(F)c2)C1. The van der Waals surface area contributed by atoms with E-state index in [4.69, 9.17) is 5.26 Å². The van der Waals surface area contributed by atoms with Crippen LogP contribution in [-0.2, 0) is 6.54 Å². The number of nitrogens with one attached hydrogen (secondary N) is 2. The number of benzene rings is 2. The van der Waals surface area contributed by atoms with Crippen LogP contribution in [0.4, 0.5) is 4.39 Å². The lowest BCUT2D eigenvalue weighted by Crippen LogP contribution is -2.47. The molecule has 2 aromatic carbocycles. The summed E-state index contributed by atoms with van der Waals surface area (Å²) in [6.45, 7) is 3.19. The van der Waals surface area contributed by atoms with Gasteiger partial charge in [-0.15, -0.1) is 0 Å². The Balaban J connectivity index is 1.44. The summed E-state index contributed by atoms with van der Waals surface area (Å²) < 4.78 is 13.4. The number of hydrogen-bond donors (Lipinski definition) is 2. The van der Waals surface area contributed by atoms with Gasteiger partial charge in [-0.05, 0) is 68.5 Å². The predicted molar refractivity (Wildman–Crippen MR) is 117 cm³/mol. The number of fused-ring (bicyclic) bond motifs is 1. The first-order chi connectivity index (χ1) is 15.1. The highest BCUT2D eigenvalue weighted by Crippen LogP contribution is 2.25. The summed E-state index contributed by atoms with van der Waals surface area (Å²) >= 11 is 0. The molecule has 4 rings (SSSR count). The number of hydrogen-bond acceptors (Lipinski definition) is 4. The third-order valence-corrected chi connectivity index (χ3v) is 5.99. The number of halogens is 1. The van der Waals surface area contributed by atoms with Gasteiger partial charge in [0.25, 0.3) is 5.91 Å². The van der Waals surface area contributed by atoms with E-state index in [1.807, 2.05) is 17.9 Å². The third kappa shape index (κ3) is 4.75. The molecule has 160 valence electrons. The number of rotatable bonds is 6. The molecular weight excluding hydrogens is 393 g/mol. The van der Waals surface area contributed by atoms with E-state index in [9.17, 15) is 9.18 Å². The third-order valence-electron chi connectivity index (χ3n) is 5.99. The monoisotopic (exact) mass is 419 g/mol. The van der Waals surface area contributed by atoms with E-state index in [1.165, 1.54) is 6.07 Å². The van der Waals surface area contributed by atoms with Crippen LogP contribution in [0.25, 0.3) is 11.0 Å². The summed E-state index contributed by atoms with van der Waals surface area (Å²) in [5, 5.41) is 12.6.